The van der Waals surface area contributed by atoms with E-state index in [0.29, 0.717) is 5.49 Å². The highest BCUT2D eigenvalue weighted by atomic mass is 79.9. The van der Waals surface area contributed by atoms with Gasteiger partial charge in [-0.15, -0.1) is 17.0 Å². The van der Waals surface area contributed by atoms with Gasteiger partial charge in [0, 0.05) is 17.6 Å². The Bertz CT molecular complexity index is 800. The van der Waals surface area contributed by atoms with E-state index in [1.165, 1.54) is 22.2 Å². The molecule has 3 nitrogen and oxygen atoms in total. The molecule has 2 heterocycles. The minimum atomic E-state index is 0. The summed E-state index contributed by atoms with van der Waals surface area (Å²) in [5.74, 6) is 0. The smallest absolute Gasteiger partial charge is 0.126 e. The number of hydrogen-bond acceptors (Lipinski definition) is 1. The molecular formula is C17H20BrN3. The highest BCUT2D eigenvalue weighted by Gasteiger charge is 2.08. The number of rotatable bonds is 3. The molecule has 0 fully saturated rings. The molecule has 110 valence electrons. The summed E-state index contributed by atoms with van der Waals surface area (Å²) in [5, 5.41) is 9.36. The molecule has 0 radical (unpaired) electrons. The molecule has 21 heavy (non-hydrogen) atoms. The summed E-state index contributed by atoms with van der Waals surface area (Å²) in [6, 6.07) is 14.3. The van der Waals surface area contributed by atoms with E-state index in [0.717, 1.165) is 18.6 Å². The number of fused-ring (bicyclic) bond motifs is 1. The van der Waals surface area contributed by atoms with Gasteiger partial charge in [0.15, 0.2) is 0 Å². The first-order chi connectivity index (χ1) is 9.66. The van der Waals surface area contributed by atoms with Crippen LogP contribution in [0.2, 0.25) is 0 Å². The molecule has 2 aromatic heterocycles. The fraction of sp³-hybridized carbons (Fsp3) is 0.235. The number of hydrogen-bond donors (Lipinski definition) is 2. The molecule has 0 saturated carbocycles. The van der Waals surface area contributed by atoms with Crippen LogP contribution >= 0.6 is 17.0 Å². The highest BCUT2D eigenvalue weighted by Crippen LogP contribution is 2.19. The van der Waals surface area contributed by atoms with E-state index < -0.39 is 0 Å². The Hall–Kier alpha value is -1.81. The van der Waals surface area contributed by atoms with Crippen molar-refractivity contribution < 1.29 is 0 Å². The Morgan fingerprint density at radius 1 is 1.05 bits per heavy atom. The minimum absolute atomic E-state index is 0. The SMILES string of the molecule is Br.Cc1[nH]c2c(ccc(=N)n2CCc2ccccc2)c1C. The molecule has 0 aliphatic rings. The third kappa shape index (κ3) is 2.95. The first kappa shape index (κ1) is 15.6. The quantitative estimate of drug-likeness (QED) is 0.723. The van der Waals surface area contributed by atoms with Crippen molar-refractivity contribution in [1.82, 2.24) is 9.55 Å². The van der Waals surface area contributed by atoms with Crippen molar-refractivity contribution in [2.45, 2.75) is 26.8 Å². The lowest BCUT2D eigenvalue weighted by atomic mass is 10.1. The monoisotopic (exact) mass is 345 g/mol. The molecule has 0 aliphatic heterocycles. The summed E-state index contributed by atoms with van der Waals surface area (Å²) in [6.45, 7) is 5.03. The predicted molar refractivity (Wildman–Crippen MR) is 92.1 cm³/mol. The molecule has 3 rings (SSSR count). The lowest BCUT2D eigenvalue weighted by Gasteiger charge is -2.09. The molecule has 2 N–H and O–H groups in total. The average molecular weight is 346 g/mol. The lowest BCUT2D eigenvalue weighted by Crippen LogP contribution is -2.20. The van der Waals surface area contributed by atoms with Crippen LogP contribution in [0, 0.1) is 19.3 Å². The number of nitrogens with one attached hydrogen (secondary N) is 2. The third-order valence-electron chi connectivity index (χ3n) is 3.96. The highest BCUT2D eigenvalue weighted by molar-refractivity contribution is 8.93. The first-order valence-electron chi connectivity index (χ1n) is 6.94. The van der Waals surface area contributed by atoms with Gasteiger partial charge < -0.3 is 9.55 Å². The van der Waals surface area contributed by atoms with E-state index >= 15 is 0 Å². The van der Waals surface area contributed by atoms with Gasteiger partial charge in [-0.05, 0) is 43.5 Å². The molecule has 1 aromatic carbocycles. The molecule has 0 saturated heterocycles. The molecule has 0 amide bonds. The predicted octanol–water partition coefficient (Wildman–Crippen LogP) is 3.89. The van der Waals surface area contributed by atoms with E-state index in [9.17, 15) is 0 Å². The summed E-state index contributed by atoms with van der Waals surface area (Å²) < 4.78 is 2.06. The summed E-state index contributed by atoms with van der Waals surface area (Å²) in [5.41, 5.74) is 5.36. The molecule has 3 aromatic rings. The molecule has 0 bridgehead atoms. The summed E-state index contributed by atoms with van der Waals surface area (Å²) in [7, 11) is 0. The third-order valence-corrected chi connectivity index (χ3v) is 3.96. The summed E-state index contributed by atoms with van der Waals surface area (Å²) in [6.07, 6.45) is 0.938. The zero-order chi connectivity index (χ0) is 14.1. The number of H-pyrrole nitrogens is 1. The van der Waals surface area contributed by atoms with Gasteiger partial charge in [-0.3, -0.25) is 5.41 Å². The number of nitrogens with zero attached hydrogens (tertiary/aromatic N) is 1. The second-order valence-electron chi connectivity index (χ2n) is 5.24. The van der Waals surface area contributed by atoms with E-state index in [4.69, 9.17) is 5.41 Å². The Kier molecular flexibility index (Phi) is 4.68. The average Bonchev–Trinajstić information content (AvgIpc) is 2.75. The van der Waals surface area contributed by atoms with Crippen molar-refractivity contribution >= 4 is 28.0 Å². The van der Waals surface area contributed by atoms with Crippen molar-refractivity contribution in [3.8, 4) is 0 Å². The van der Waals surface area contributed by atoms with E-state index in [1.54, 1.807) is 0 Å². The van der Waals surface area contributed by atoms with Gasteiger partial charge in [0.25, 0.3) is 0 Å². The van der Waals surface area contributed by atoms with Gasteiger partial charge in [0.2, 0.25) is 0 Å². The number of pyridine rings is 1. The Morgan fingerprint density at radius 3 is 2.48 bits per heavy atom. The van der Waals surface area contributed by atoms with Crippen molar-refractivity contribution in [3.05, 3.63) is 64.8 Å². The summed E-state index contributed by atoms with van der Waals surface area (Å²) >= 11 is 0. The maximum absolute atomic E-state index is 8.14. The number of aromatic nitrogens is 2. The zero-order valence-corrected chi connectivity index (χ0v) is 14.0. The second-order valence-corrected chi connectivity index (χ2v) is 5.24. The fourth-order valence-corrected chi connectivity index (χ4v) is 2.63. The molecule has 0 aliphatic carbocycles. The van der Waals surface area contributed by atoms with Gasteiger partial charge in [-0.2, -0.15) is 0 Å². The number of aromatic amines is 1. The lowest BCUT2D eigenvalue weighted by molar-refractivity contribution is 0.671. The van der Waals surface area contributed by atoms with Crippen molar-refractivity contribution in [2.75, 3.05) is 0 Å². The number of halogens is 1. The van der Waals surface area contributed by atoms with Crippen molar-refractivity contribution in [2.24, 2.45) is 0 Å². The topological polar surface area (TPSA) is 44.6 Å². The van der Waals surface area contributed by atoms with Crippen LogP contribution in [-0.4, -0.2) is 9.55 Å². The maximum atomic E-state index is 8.14. The molecule has 0 atom stereocenters. The molecule has 4 heteroatoms. The van der Waals surface area contributed by atoms with Crippen LogP contribution in [0.15, 0.2) is 42.5 Å². The normalized spacial score (nSPS) is 10.6. The first-order valence-corrected chi connectivity index (χ1v) is 6.94. The van der Waals surface area contributed by atoms with Gasteiger partial charge in [0.05, 0.1) is 0 Å². The summed E-state index contributed by atoms with van der Waals surface area (Å²) in [4.78, 5) is 3.42. The van der Waals surface area contributed by atoms with Crippen LogP contribution in [0.3, 0.4) is 0 Å². The van der Waals surface area contributed by atoms with Crippen LogP contribution in [0.5, 0.6) is 0 Å². The number of benzene rings is 1. The standard InChI is InChI=1S/C17H19N3.BrH/c1-12-13(2)19-17-15(12)8-9-16(18)20(17)11-10-14-6-4-3-5-7-14;/h3-9,18-19H,10-11H2,1-2H3;1H. The molecular weight excluding hydrogens is 326 g/mol. The fourth-order valence-electron chi connectivity index (χ4n) is 2.63. The zero-order valence-electron chi connectivity index (χ0n) is 12.3. The van der Waals surface area contributed by atoms with Crippen molar-refractivity contribution in [1.29, 1.82) is 5.41 Å². The maximum Gasteiger partial charge on any atom is 0.126 e. The largest absolute Gasteiger partial charge is 0.345 e. The van der Waals surface area contributed by atoms with Gasteiger partial charge in [0.1, 0.15) is 11.1 Å². The van der Waals surface area contributed by atoms with Gasteiger partial charge in [-0.25, -0.2) is 0 Å². The Labute approximate surface area is 134 Å². The van der Waals surface area contributed by atoms with Crippen LogP contribution in [-0.2, 0) is 13.0 Å². The Balaban J connectivity index is 0.00000161. The van der Waals surface area contributed by atoms with E-state index in [1.807, 2.05) is 18.2 Å². The number of aryl methyl sites for hydroxylation is 4. The van der Waals surface area contributed by atoms with Crippen molar-refractivity contribution in [3.63, 3.8) is 0 Å². The van der Waals surface area contributed by atoms with Crippen LogP contribution in [0.1, 0.15) is 16.8 Å². The van der Waals surface area contributed by atoms with E-state index in [2.05, 4.69) is 47.7 Å². The minimum Gasteiger partial charge on any atom is -0.345 e. The van der Waals surface area contributed by atoms with Gasteiger partial charge >= 0.3 is 0 Å². The van der Waals surface area contributed by atoms with Crippen LogP contribution < -0.4 is 5.49 Å². The van der Waals surface area contributed by atoms with Crippen LogP contribution in [0.4, 0.5) is 0 Å². The van der Waals surface area contributed by atoms with E-state index in [-0.39, 0.29) is 17.0 Å². The molecule has 0 spiro atoms. The molecule has 0 unspecified atom stereocenters. The van der Waals surface area contributed by atoms with Gasteiger partial charge in [-0.1, -0.05) is 30.3 Å². The van der Waals surface area contributed by atoms with Crippen LogP contribution in [0.25, 0.3) is 11.0 Å². The second kappa shape index (κ2) is 6.31. The Morgan fingerprint density at radius 2 is 1.76 bits per heavy atom.